The number of hydrogen-bond donors (Lipinski definition) is 3. The molecule has 0 aliphatic carbocycles. The molecule has 9 nitrogen and oxygen atoms in total. The Morgan fingerprint density at radius 1 is 0.974 bits per heavy atom. The van der Waals surface area contributed by atoms with Gasteiger partial charge >= 0.3 is 11.8 Å². The van der Waals surface area contributed by atoms with E-state index >= 15 is 0 Å². The molecule has 0 fully saturated rings. The monoisotopic (exact) mass is 628 g/mol. The van der Waals surface area contributed by atoms with Gasteiger partial charge in [-0.25, -0.2) is 5.43 Å². The van der Waals surface area contributed by atoms with E-state index in [-0.39, 0.29) is 12.5 Å². The fourth-order valence-electron chi connectivity index (χ4n) is 3.68. The van der Waals surface area contributed by atoms with Crippen molar-refractivity contribution in [3.8, 4) is 11.5 Å². The highest BCUT2D eigenvalue weighted by atomic mass is 127. The minimum atomic E-state index is -0.899. The zero-order chi connectivity index (χ0) is 27.7. The summed E-state index contributed by atoms with van der Waals surface area (Å²) in [5.74, 6) is -1.24. The van der Waals surface area contributed by atoms with Crippen molar-refractivity contribution >= 4 is 57.9 Å². The van der Waals surface area contributed by atoms with Crippen molar-refractivity contribution in [2.75, 3.05) is 24.4 Å². The summed E-state index contributed by atoms with van der Waals surface area (Å²) in [7, 11) is 1.48. The van der Waals surface area contributed by atoms with Crippen molar-refractivity contribution in [2.24, 2.45) is 5.10 Å². The number of rotatable bonds is 9. The number of para-hydroxylation sites is 1. The molecule has 3 N–H and O–H groups in total. The van der Waals surface area contributed by atoms with E-state index in [4.69, 9.17) is 9.47 Å². The number of nitrogens with one attached hydrogen (secondary N) is 3. The molecule has 3 aromatic carbocycles. The fourth-order valence-corrected chi connectivity index (χ4v) is 4.46. The molecule has 0 spiro atoms. The van der Waals surface area contributed by atoms with E-state index in [9.17, 15) is 14.4 Å². The van der Waals surface area contributed by atoms with Crippen LogP contribution < -0.4 is 25.5 Å². The van der Waals surface area contributed by atoms with Crippen molar-refractivity contribution in [2.45, 2.75) is 27.2 Å². The van der Waals surface area contributed by atoms with E-state index in [2.05, 4.69) is 43.8 Å². The zero-order valence-electron chi connectivity index (χ0n) is 21.6. The van der Waals surface area contributed by atoms with Crippen LogP contribution in [-0.2, 0) is 20.8 Å². The van der Waals surface area contributed by atoms with E-state index in [0.717, 1.165) is 16.7 Å². The Balaban J connectivity index is 1.59. The fraction of sp³-hybridized carbons (Fsp3) is 0.214. The molecule has 0 aliphatic heterocycles. The van der Waals surface area contributed by atoms with Gasteiger partial charge in [0.25, 0.3) is 5.91 Å². The van der Waals surface area contributed by atoms with Gasteiger partial charge in [-0.05, 0) is 95.4 Å². The van der Waals surface area contributed by atoms with E-state index in [1.54, 1.807) is 24.3 Å². The Labute approximate surface area is 235 Å². The van der Waals surface area contributed by atoms with Gasteiger partial charge in [-0.2, -0.15) is 5.10 Å². The van der Waals surface area contributed by atoms with Crippen LogP contribution in [0, 0.1) is 17.4 Å². The van der Waals surface area contributed by atoms with Crippen LogP contribution in [0.25, 0.3) is 0 Å². The number of halogens is 1. The first-order valence-electron chi connectivity index (χ1n) is 11.8. The Morgan fingerprint density at radius 2 is 1.68 bits per heavy atom. The van der Waals surface area contributed by atoms with E-state index in [1.165, 1.54) is 13.3 Å². The number of anilines is 2. The van der Waals surface area contributed by atoms with Crippen LogP contribution in [0.3, 0.4) is 0 Å². The van der Waals surface area contributed by atoms with E-state index in [1.807, 2.05) is 51.1 Å². The van der Waals surface area contributed by atoms with E-state index in [0.29, 0.717) is 38.4 Å². The largest absolute Gasteiger partial charge is 0.493 e. The number of benzene rings is 3. The summed E-state index contributed by atoms with van der Waals surface area (Å²) in [6.07, 6.45) is 2.10. The van der Waals surface area contributed by atoms with Crippen molar-refractivity contribution < 1.29 is 23.9 Å². The van der Waals surface area contributed by atoms with Gasteiger partial charge in [-0.15, -0.1) is 0 Å². The summed E-state index contributed by atoms with van der Waals surface area (Å²) in [5, 5.41) is 9.30. The molecule has 0 heterocycles. The van der Waals surface area contributed by atoms with Crippen LogP contribution in [-0.4, -0.2) is 37.7 Å². The van der Waals surface area contributed by atoms with Gasteiger partial charge in [0.2, 0.25) is 0 Å². The summed E-state index contributed by atoms with van der Waals surface area (Å²) in [6.45, 7) is 5.68. The molecule has 0 saturated carbocycles. The topological polar surface area (TPSA) is 118 Å². The molecular weight excluding hydrogens is 599 g/mol. The lowest BCUT2D eigenvalue weighted by Gasteiger charge is -2.14. The maximum atomic E-state index is 12.4. The molecule has 0 unspecified atom stereocenters. The highest BCUT2D eigenvalue weighted by Crippen LogP contribution is 2.33. The number of amides is 3. The van der Waals surface area contributed by atoms with Crippen LogP contribution in [0.15, 0.2) is 59.7 Å². The number of nitrogens with zero attached hydrogens (tertiary/aromatic N) is 1. The average Bonchev–Trinajstić information content (AvgIpc) is 2.87. The summed E-state index contributed by atoms with van der Waals surface area (Å²) < 4.78 is 11.8. The normalized spacial score (nSPS) is 10.7. The van der Waals surface area contributed by atoms with Gasteiger partial charge in [-0.1, -0.05) is 31.2 Å². The molecule has 0 bridgehead atoms. The first kappa shape index (κ1) is 28.6. The lowest BCUT2D eigenvalue weighted by Crippen LogP contribution is -2.32. The third-order valence-corrected chi connectivity index (χ3v) is 6.14. The summed E-state index contributed by atoms with van der Waals surface area (Å²) in [4.78, 5) is 36.8. The smallest absolute Gasteiger partial charge is 0.329 e. The highest BCUT2D eigenvalue weighted by molar-refractivity contribution is 14.1. The molecule has 0 saturated heterocycles. The Morgan fingerprint density at radius 3 is 2.37 bits per heavy atom. The number of hydrazone groups is 1. The van der Waals surface area contributed by atoms with Crippen molar-refractivity contribution in [1.82, 2.24) is 5.43 Å². The summed E-state index contributed by atoms with van der Waals surface area (Å²) in [5.41, 5.74) is 7.12. The Bertz CT molecular complexity index is 1350. The van der Waals surface area contributed by atoms with Crippen LogP contribution in [0.2, 0.25) is 0 Å². The molecule has 198 valence electrons. The molecule has 0 atom stereocenters. The third kappa shape index (κ3) is 8.04. The van der Waals surface area contributed by atoms with Gasteiger partial charge in [-0.3, -0.25) is 14.4 Å². The number of carbonyl (C=O) groups is 3. The van der Waals surface area contributed by atoms with Gasteiger partial charge in [0.05, 0.1) is 16.9 Å². The summed E-state index contributed by atoms with van der Waals surface area (Å²) >= 11 is 2.06. The highest BCUT2D eigenvalue weighted by Gasteiger charge is 2.16. The molecule has 3 rings (SSSR count). The molecule has 0 aromatic heterocycles. The maximum Gasteiger partial charge on any atom is 0.329 e. The van der Waals surface area contributed by atoms with Crippen LogP contribution in [0.4, 0.5) is 11.4 Å². The molecule has 38 heavy (non-hydrogen) atoms. The maximum absolute atomic E-state index is 12.4. The van der Waals surface area contributed by atoms with Crippen molar-refractivity contribution in [3.63, 3.8) is 0 Å². The second kappa shape index (κ2) is 13.6. The number of carbonyl (C=O) groups excluding carboxylic acids is 3. The predicted octanol–water partition coefficient (Wildman–Crippen LogP) is 4.59. The number of ether oxygens (including phenoxy) is 2. The first-order valence-corrected chi connectivity index (χ1v) is 12.9. The second-order valence-corrected chi connectivity index (χ2v) is 9.57. The molecule has 3 amide bonds. The quantitative estimate of drug-likeness (QED) is 0.139. The predicted molar refractivity (Wildman–Crippen MR) is 156 cm³/mol. The minimum absolute atomic E-state index is 0.209. The molecule has 0 aliphatic rings. The molecule has 3 aromatic rings. The van der Waals surface area contributed by atoms with Crippen molar-refractivity contribution in [3.05, 3.63) is 80.4 Å². The third-order valence-electron chi connectivity index (χ3n) is 5.34. The zero-order valence-corrected chi connectivity index (χ0v) is 23.7. The van der Waals surface area contributed by atoms with Crippen LogP contribution in [0.5, 0.6) is 11.5 Å². The molecule has 10 heteroatoms. The SMILES string of the molecule is CCc1ccccc1NC(=O)C(=O)N/N=C\c1cc(I)c(OCC(=O)Nc2cc(C)cc(C)c2)c(OC)c1. The Kier molecular flexibility index (Phi) is 10.2. The van der Waals surface area contributed by atoms with Gasteiger partial charge < -0.3 is 20.1 Å². The number of methoxy groups -OCH3 is 1. The second-order valence-electron chi connectivity index (χ2n) is 8.41. The molecular formula is C28H29IN4O5. The first-order chi connectivity index (χ1) is 18.2. The standard InChI is InChI=1S/C28H29IN4O5/c1-5-20-8-6-7-9-23(20)32-27(35)28(36)33-30-15-19-13-22(29)26(24(14-19)37-4)38-16-25(34)31-21-11-17(2)10-18(3)12-21/h6-15H,5,16H2,1-4H3,(H,31,34)(H,32,35)(H,33,36)/b30-15-. The van der Waals surface area contributed by atoms with Crippen LogP contribution >= 0.6 is 22.6 Å². The lowest BCUT2D eigenvalue weighted by molar-refractivity contribution is -0.136. The van der Waals surface area contributed by atoms with Gasteiger partial charge in [0, 0.05) is 11.4 Å². The lowest BCUT2D eigenvalue weighted by atomic mass is 10.1. The summed E-state index contributed by atoms with van der Waals surface area (Å²) in [6, 6.07) is 16.4. The van der Waals surface area contributed by atoms with Crippen LogP contribution in [0.1, 0.15) is 29.2 Å². The Hall–Kier alpha value is -3.93. The van der Waals surface area contributed by atoms with Gasteiger partial charge in [0.15, 0.2) is 18.1 Å². The minimum Gasteiger partial charge on any atom is -0.493 e. The van der Waals surface area contributed by atoms with Crippen molar-refractivity contribution in [1.29, 1.82) is 0 Å². The number of aryl methyl sites for hydroxylation is 3. The average molecular weight is 628 g/mol. The van der Waals surface area contributed by atoms with Gasteiger partial charge in [0.1, 0.15) is 0 Å². The molecule has 0 radical (unpaired) electrons. The number of hydrogen-bond acceptors (Lipinski definition) is 6. The van der Waals surface area contributed by atoms with E-state index < -0.39 is 11.8 Å².